The number of rotatable bonds is 6. The number of carbonyl (C=O) groups excluding carboxylic acids is 1. The molecule has 1 fully saturated rings. The summed E-state index contributed by atoms with van der Waals surface area (Å²) < 4.78 is 0. The van der Waals surface area contributed by atoms with E-state index in [0.717, 1.165) is 31.7 Å². The highest BCUT2D eigenvalue weighted by atomic mass is 16.6. The van der Waals surface area contributed by atoms with Crippen molar-refractivity contribution in [2.45, 2.75) is 6.92 Å². The number of nitrogens with zero attached hydrogens (tertiary/aromatic N) is 3. The number of hydrogen-bond donors (Lipinski definition) is 1. The molecule has 1 amide bonds. The lowest BCUT2D eigenvalue weighted by atomic mass is 10.2. The molecular weight excluding hydrogens is 292 g/mol. The Morgan fingerprint density at radius 1 is 1.26 bits per heavy atom. The lowest BCUT2D eigenvalue weighted by Gasteiger charge is -2.33. The van der Waals surface area contributed by atoms with E-state index >= 15 is 0 Å². The van der Waals surface area contributed by atoms with Crippen LogP contribution in [0.3, 0.4) is 0 Å². The van der Waals surface area contributed by atoms with Crippen LogP contribution in [0.25, 0.3) is 6.08 Å². The molecule has 1 heterocycles. The van der Waals surface area contributed by atoms with Crippen molar-refractivity contribution in [3.63, 3.8) is 0 Å². The summed E-state index contributed by atoms with van der Waals surface area (Å²) in [6.45, 7) is 5.64. The first-order chi connectivity index (χ1) is 11.1. The van der Waals surface area contributed by atoms with Crippen molar-refractivity contribution in [3.8, 4) is 0 Å². The highest BCUT2D eigenvalue weighted by Gasteiger charge is 2.18. The molecule has 124 valence electrons. The second-order valence-corrected chi connectivity index (χ2v) is 5.47. The van der Waals surface area contributed by atoms with Gasteiger partial charge in [-0.2, -0.15) is 0 Å². The van der Waals surface area contributed by atoms with Crippen LogP contribution in [0.4, 0.5) is 0 Å². The summed E-state index contributed by atoms with van der Waals surface area (Å²) in [5.74, 6) is 0.578. The van der Waals surface area contributed by atoms with Crippen LogP contribution in [0, 0.1) is 0 Å². The molecule has 1 aromatic rings. The third kappa shape index (κ3) is 6.12. The summed E-state index contributed by atoms with van der Waals surface area (Å²) in [5, 5.41) is 3.92. The Hall–Kier alpha value is -2.34. The van der Waals surface area contributed by atoms with Gasteiger partial charge in [0.05, 0.1) is 6.54 Å². The van der Waals surface area contributed by atoms with E-state index in [4.69, 9.17) is 10.6 Å². The zero-order valence-electron chi connectivity index (χ0n) is 13.5. The molecule has 0 aliphatic carbocycles. The van der Waals surface area contributed by atoms with Crippen molar-refractivity contribution >= 4 is 17.8 Å². The maximum Gasteiger partial charge on any atom is 0.219 e. The summed E-state index contributed by atoms with van der Waals surface area (Å²) in [6, 6.07) is 10.0. The van der Waals surface area contributed by atoms with Gasteiger partial charge in [0.2, 0.25) is 5.91 Å². The predicted molar refractivity (Wildman–Crippen MR) is 91.7 cm³/mol. The molecule has 1 aromatic carbocycles. The van der Waals surface area contributed by atoms with Gasteiger partial charge in [0.1, 0.15) is 6.61 Å². The minimum atomic E-state index is 0.125. The Bertz CT molecular complexity index is 549. The van der Waals surface area contributed by atoms with Gasteiger partial charge in [-0.1, -0.05) is 41.6 Å². The molecule has 1 aliphatic heterocycles. The van der Waals surface area contributed by atoms with Crippen molar-refractivity contribution in [3.05, 3.63) is 42.0 Å². The van der Waals surface area contributed by atoms with E-state index in [9.17, 15) is 4.79 Å². The first-order valence-corrected chi connectivity index (χ1v) is 7.79. The summed E-state index contributed by atoms with van der Waals surface area (Å²) in [6.07, 6.45) is 3.88. The third-order valence-corrected chi connectivity index (χ3v) is 3.67. The van der Waals surface area contributed by atoms with E-state index < -0.39 is 0 Å². The Morgan fingerprint density at radius 2 is 1.96 bits per heavy atom. The number of nitrogens with two attached hydrogens (primary N) is 1. The van der Waals surface area contributed by atoms with E-state index in [1.54, 1.807) is 6.92 Å². The van der Waals surface area contributed by atoms with Crippen molar-refractivity contribution < 1.29 is 9.63 Å². The van der Waals surface area contributed by atoms with E-state index in [1.165, 1.54) is 0 Å². The van der Waals surface area contributed by atoms with Gasteiger partial charge in [-0.25, -0.2) is 0 Å². The third-order valence-electron chi connectivity index (χ3n) is 3.67. The van der Waals surface area contributed by atoms with Gasteiger partial charge >= 0.3 is 0 Å². The number of benzene rings is 1. The molecule has 6 nitrogen and oxygen atoms in total. The summed E-state index contributed by atoms with van der Waals surface area (Å²) in [7, 11) is 0. The quantitative estimate of drug-likeness (QED) is 0.370. The molecule has 6 heteroatoms. The maximum atomic E-state index is 11.3. The summed E-state index contributed by atoms with van der Waals surface area (Å²) in [4.78, 5) is 20.5. The monoisotopic (exact) mass is 316 g/mol. The van der Waals surface area contributed by atoms with Crippen LogP contribution < -0.4 is 5.73 Å². The molecule has 23 heavy (non-hydrogen) atoms. The Balaban J connectivity index is 1.66. The van der Waals surface area contributed by atoms with Crippen LogP contribution in [0.5, 0.6) is 0 Å². The zero-order chi connectivity index (χ0) is 16.5. The number of oxime groups is 1. The Labute approximate surface area is 137 Å². The van der Waals surface area contributed by atoms with Crippen molar-refractivity contribution in [2.24, 2.45) is 10.9 Å². The molecule has 1 saturated heterocycles. The first kappa shape index (κ1) is 17.0. The normalized spacial score (nSPS) is 16.7. The second kappa shape index (κ2) is 8.95. The molecule has 2 rings (SSSR count). The van der Waals surface area contributed by atoms with E-state index in [1.807, 2.05) is 47.4 Å². The molecule has 0 atom stereocenters. The minimum absolute atomic E-state index is 0.125. The van der Waals surface area contributed by atoms with Crippen LogP contribution in [0.2, 0.25) is 0 Å². The lowest BCUT2D eigenvalue weighted by Crippen LogP contribution is -2.50. The number of amidine groups is 1. The summed E-state index contributed by atoms with van der Waals surface area (Å²) in [5.41, 5.74) is 6.99. The highest BCUT2D eigenvalue weighted by Crippen LogP contribution is 2.02. The number of piperazine rings is 1. The molecule has 0 aromatic heterocycles. The molecule has 1 aliphatic rings. The van der Waals surface area contributed by atoms with Crippen LogP contribution >= 0.6 is 0 Å². The van der Waals surface area contributed by atoms with Gasteiger partial charge in [0, 0.05) is 33.1 Å². The van der Waals surface area contributed by atoms with Gasteiger partial charge in [0.15, 0.2) is 5.84 Å². The molecule has 0 bridgehead atoms. The highest BCUT2D eigenvalue weighted by molar-refractivity contribution is 5.81. The second-order valence-electron chi connectivity index (χ2n) is 5.47. The Morgan fingerprint density at radius 3 is 2.61 bits per heavy atom. The lowest BCUT2D eigenvalue weighted by molar-refractivity contribution is -0.130. The van der Waals surface area contributed by atoms with Crippen LogP contribution in [0.15, 0.2) is 41.6 Å². The minimum Gasteiger partial charge on any atom is -0.390 e. The first-order valence-electron chi connectivity index (χ1n) is 7.79. The van der Waals surface area contributed by atoms with Crippen LogP contribution in [-0.4, -0.2) is 60.9 Å². The Kier molecular flexibility index (Phi) is 6.62. The maximum absolute atomic E-state index is 11.3. The summed E-state index contributed by atoms with van der Waals surface area (Å²) >= 11 is 0. The number of carbonyl (C=O) groups is 1. The topological polar surface area (TPSA) is 71.2 Å². The molecule has 0 spiro atoms. The number of amides is 1. The fourth-order valence-corrected chi connectivity index (χ4v) is 2.39. The average Bonchev–Trinajstić information content (AvgIpc) is 2.56. The van der Waals surface area contributed by atoms with Crippen LogP contribution in [-0.2, 0) is 9.63 Å². The van der Waals surface area contributed by atoms with Gasteiger partial charge in [-0.15, -0.1) is 0 Å². The van der Waals surface area contributed by atoms with Gasteiger partial charge < -0.3 is 15.5 Å². The molecule has 2 N–H and O–H groups in total. The molecular formula is C17H24N4O2. The standard InChI is InChI=1S/C17H24N4O2/c1-15(22)21-11-9-20(10-12-21)14-17(18)19-23-13-5-8-16-6-3-2-4-7-16/h2-8H,9-14H2,1H3,(H2,18,19)/b8-5-. The predicted octanol–water partition coefficient (Wildman–Crippen LogP) is 1.15. The molecule has 0 unspecified atom stereocenters. The van der Waals surface area contributed by atoms with Crippen molar-refractivity contribution in [2.75, 3.05) is 39.3 Å². The largest absolute Gasteiger partial charge is 0.390 e. The van der Waals surface area contributed by atoms with Gasteiger partial charge in [0.25, 0.3) is 0 Å². The van der Waals surface area contributed by atoms with Crippen LogP contribution in [0.1, 0.15) is 12.5 Å². The molecule has 0 saturated carbocycles. The zero-order valence-corrected chi connectivity index (χ0v) is 13.5. The van der Waals surface area contributed by atoms with E-state index in [2.05, 4.69) is 10.1 Å². The van der Waals surface area contributed by atoms with E-state index in [-0.39, 0.29) is 5.91 Å². The fraction of sp³-hybridized carbons (Fsp3) is 0.412. The van der Waals surface area contributed by atoms with Gasteiger partial charge in [-0.3, -0.25) is 9.69 Å². The van der Waals surface area contributed by atoms with Gasteiger partial charge in [-0.05, 0) is 11.6 Å². The average molecular weight is 316 g/mol. The van der Waals surface area contributed by atoms with E-state index in [0.29, 0.717) is 19.0 Å². The van der Waals surface area contributed by atoms with Crippen molar-refractivity contribution in [1.82, 2.24) is 9.80 Å². The fourth-order valence-electron chi connectivity index (χ4n) is 2.39. The van der Waals surface area contributed by atoms with Crippen molar-refractivity contribution in [1.29, 1.82) is 0 Å². The molecule has 0 radical (unpaired) electrons. The smallest absolute Gasteiger partial charge is 0.219 e. The number of hydrogen-bond acceptors (Lipinski definition) is 4. The SMILES string of the molecule is CC(=O)N1CCN(C/C(N)=N/OC/C=C\c2ccccc2)CC1.